The zero-order valence-electron chi connectivity index (χ0n) is 10.3. The van der Waals surface area contributed by atoms with Crippen LogP contribution < -0.4 is 5.73 Å². The summed E-state index contributed by atoms with van der Waals surface area (Å²) in [6.45, 7) is -0.408. The van der Waals surface area contributed by atoms with Gasteiger partial charge in [-0.25, -0.2) is 19.3 Å². The van der Waals surface area contributed by atoms with E-state index in [-0.39, 0.29) is 5.82 Å². The minimum Gasteiger partial charge on any atom is -0.394 e. The second-order valence-electron chi connectivity index (χ2n) is 3.97. The zero-order valence-corrected chi connectivity index (χ0v) is 9.27. The van der Waals surface area contributed by atoms with Crippen molar-refractivity contribution >= 4 is 17.0 Å². The Balaban J connectivity index is 2.04. The summed E-state index contributed by atoms with van der Waals surface area (Å²) in [4.78, 5) is 11.8. The van der Waals surface area contributed by atoms with Gasteiger partial charge in [-0.3, -0.25) is 4.57 Å². The number of halogens is 1. The Morgan fingerprint density at radius 2 is 2.44 bits per heavy atom. The van der Waals surface area contributed by atoms with E-state index in [1.54, 1.807) is 0 Å². The van der Waals surface area contributed by atoms with Crippen molar-refractivity contribution in [3.63, 3.8) is 0 Å². The van der Waals surface area contributed by atoms with Crippen LogP contribution in [-0.2, 0) is 4.74 Å². The van der Waals surface area contributed by atoms with E-state index in [2.05, 4.69) is 15.0 Å². The van der Waals surface area contributed by atoms with Crippen molar-refractivity contribution in [2.45, 2.75) is 24.9 Å². The molecule has 1 aliphatic heterocycles. The van der Waals surface area contributed by atoms with Crippen molar-refractivity contribution in [2.75, 3.05) is 12.3 Å². The van der Waals surface area contributed by atoms with Gasteiger partial charge < -0.3 is 15.6 Å². The summed E-state index contributed by atoms with van der Waals surface area (Å²) in [7, 11) is 0. The maximum atomic E-state index is 14.1. The summed E-state index contributed by atoms with van der Waals surface area (Å²) >= 11 is 0. The number of hydrogen-bond acceptors (Lipinski definition) is 6. The third-order valence-corrected chi connectivity index (χ3v) is 2.83. The number of alkyl halides is 1. The van der Waals surface area contributed by atoms with Gasteiger partial charge in [-0.1, -0.05) is 0 Å². The molecule has 0 amide bonds. The summed E-state index contributed by atoms with van der Waals surface area (Å²) in [5.41, 5.74) is 6.34. The smallest absolute Gasteiger partial charge is 0.168 e. The third-order valence-electron chi connectivity index (χ3n) is 2.83. The van der Waals surface area contributed by atoms with Gasteiger partial charge in [0.1, 0.15) is 18.0 Å². The van der Waals surface area contributed by atoms with Crippen LogP contribution in [0.25, 0.3) is 11.2 Å². The van der Waals surface area contributed by atoms with E-state index < -0.39 is 31.5 Å². The molecule has 1 saturated heterocycles. The fraction of sp³-hybridized carbons (Fsp3) is 0.500. The lowest BCUT2D eigenvalue weighted by atomic mass is 10.2. The Hall–Kier alpha value is -1.80. The number of anilines is 1. The number of nitrogen functional groups attached to an aromatic ring is 1. The fourth-order valence-electron chi connectivity index (χ4n) is 1.98. The van der Waals surface area contributed by atoms with E-state index in [0.717, 1.165) is 0 Å². The van der Waals surface area contributed by atoms with Crippen LogP contribution in [0.2, 0.25) is 0 Å². The number of fused-ring (bicyclic) bond motifs is 1. The SMILES string of the molecule is [2H]C1[C@@H](F)[C@H](n2cnc3c(N)ncnc32)O[C@@H]1CO. The van der Waals surface area contributed by atoms with Crippen LogP contribution in [-0.4, -0.2) is 43.5 Å². The number of aliphatic hydroxyl groups excluding tert-OH is 1. The molecule has 3 heterocycles. The molecule has 0 spiro atoms. The van der Waals surface area contributed by atoms with E-state index in [1.165, 1.54) is 17.2 Å². The molecule has 0 aliphatic carbocycles. The molecule has 96 valence electrons. The lowest BCUT2D eigenvalue weighted by Gasteiger charge is -2.15. The van der Waals surface area contributed by atoms with Gasteiger partial charge in [0.25, 0.3) is 0 Å². The van der Waals surface area contributed by atoms with Crippen LogP contribution in [0.3, 0.4) is 0 Å². The molecule has 2 aromatic heterocycles. The average Bonchev–Trinajstić information content (AvgIpc) is 2.94. The van der Waals surface area contributed by atoms with Crippen LogP contribution >= 0.6 is 0 Å². The molecule has 2 aromatic rings. The Morgan fingerprint density at radius 1 is 1.61 bits per heavy atom. The molecule has 0 saturated carbocycles. The lowest BCUT2D eigenvalue weighted by molar-refractivity contribution is -0.0351. The molecular formula is C10H12FN5O2. The van der Waals surface area contributed by atoms with E-state index >= 15 is 0 Å². The van der Waals surface area contributed by atoms with Crippen molar-refractivity contribution in [1.29, 1.82) is 0 Å². The van der Waals surface area contributed by atoms with E-state index in [4.69, 9.17) is 16.9 Å². The Kier molecular flexibility index (Phi) is 2.34. The number of hydrogen-bond donors (Lipinski definition) is 2. The molecule has 0 aromatic carbocycles. The summed E-state index contributed by atoms with van der Waals surface area (Å²) in [6.07, 6.45) is -2.04. The summed E-state index contributed by atoms with van der Waals surface area (Å²) in [5, 5.41) is 9.04. The van der Waals surface area contributed by atoms with Gasteiger partial charge in [0.15, 0.2) is 17.7 Å². The highest BCUT2D eigenvalue weighted by Crippen LogP contribution is 2.33. The number of rotatable bonds is 2. The first kappa shape index (κ1) is 10.2. The Bertz CT molecular complexity index is 609. The fourth-order valence-corrected chi connectivity index (χ4v) is 1.98. The number of imidazole rings is 1. The van der Waals surface area contributed by atoms with Crippen molar-refractivity contribution in [1.82, 2.24) is 19.5 Å². The van der Waals surface area contributed by atoms with Gasteiger partial charge in [0, 0.05) is 7.77 Å². The molecule has 3 N–H and O–H groups in total. The first-order valence-electron chi connectivity index (χ1n) is 5.97. The third kappa shape index (κ3) is 1.61. The molecule has 8 heteroatoms. The number of nitrogens with zero attached hydrogens (tertiary/aromatic N) is 4. The molecule has 3 rings (SSSR count). The first-order chi connectivity index (χ1) is 9.13. The quantitative estimate of drug-likeness (QED) is 0.784. The van der Waals surface area contributed by atoms with Gasteiger partial charge in [-0.05, 0) is 0 Å². The van der Waals surface area contributed by atoms with E-state index in [0.29, 0.717) is 11.2 Å². The standard InChI is InChI=1S/C10H12FN5O2/c11-6-1-5(2-17)18-10(6)16-4-15-7-8(12)13-3-14-9(7)16/h3-6,10,17H,1-2H2,(H2,12,13,14)/t5-,6+,10+/m0/s1/i1D/t1?,5-,6+,10+. The molecule has 18 heavy (non-hydrogen) atoms. The van der Waals surface area contributed by atoms with Crippen molar-refractivity contribution in [3.05, 3.63) is 12.7 Å². The monoisotopic (exact) mass is 254 g/mol. The highest BCUT2D eigenvalue weighted by atomic mass is 19.1. The van der Waals surface area contributed by atoms with Gasteiger partial charge >= 0.3 is 0 Å². The maximum Gasteiger partial charge on any atom is 0.168 e. The van der Waals surface area contributed by atoms with Crippen LogP contribution in [0.1, 0.15) is 14.0 Å². The van der Waals surface area contributed by atoms with Crippen molar-refractivity contribution in [3.8, 4) is 0 Å². The van der Waals surface area contributed by atoms with Crippen LogP contribution in [0.5, 0.6) is 0 Å². The van der Waals surface area contributed by atoms with Crippen LogP contribution in [0.4, 0.5) is 10.2 Å². The molecule has 7 nitrogen and oxygen atoms in total. The highest BCUT2D eigenvalue weighted by Gasteiger charge is 2.37. The second-order valence-corrected chi connectivity index (χ2v) is 3.97. The zero-order chi connectivity index (χ0) is 13.6. The number of ether oxygens (including phenoxy) is 1. The Morgan fingerprint density at radius 3 is 3.17 bits per heavy atom. The molecule has 0 radical (unpaired) electrons. The summed E-state index contributed by atoms with van der Waals surface area (Å²) in [5.74, 6) is 0.193. The van der Waals surface area contributed by atoms with Gasteiger partial charge in [0.2, 0.25) is 0 Å². The van der Waals surface area contributed by atoms with Crippen molar-refractivity contribution < 1.29 is 15.6 Å². The summed E-state index contributed by atoms with van der Waals surface area (Å²) in [6, 6.07) is 0. The topological polar surface area (TPSA) is 99.1 Å². The summed E-state index contributed by atoms with van der Waals surface area (Å²) < 4.78 is 28.4. The van der Waals surface area contributed by atoms with E-state index in [1.807, 2.05) is 0 Å². The Labute approximate surface area is 103 Å². The molecule has 4 atom stereocenters. The number of aliphatic hydroxyl groups is 1. The molecule has 1 unspecified atom stereocenters. The van der Waals surface area contributed by atoms with Crippen molar-refractivity contribution in [2.24, 2.45) is 0 Å². The maximum absolute atomic E-state index is 14.1. The first-order valence-corrected chi connectivity index (χ1v) is 5.39. The predicted octanol–water partition coefficient (Wildman–Crippen LogP) is 0.0264. The van der Waals surface area contributed by atoms with Gasteiger partial charge in [-0.15, -0.1) is 0 Å². The molecular weight excluding hydrogens is 241 g/mol. The molecule has 1 fully saturated rings. The molecule has 0 bridgehead atoms. The van der Waals surface area contributed by atoms with Gasteiger partial charge in [-0.2, -0.15) is 0 Å². The lowest BCUT2D eigenvalue weighted by Crippen LogP contribution is -2.16. The minimum absolute atomic E-state index is 0.193. The largest absolute Gasteiger partial charge is 0.394 e. The molecule has 1 aliphatic rings. The normalized spacial score (nSPS) is 32.9. The second kappa shape index (κ2) is 4.14. The average molecular weight is 254 g/mol. The highest BCUT2D eigenvalue weighted by molar-refractivity contribution is 5.81. The van der Waals surface area contributed by atoms with Crippen LogP contribution in [0, 0.1) is 0 Å². The number of aromatic nitrogens is 4. The van der Waals surface area contributed by atoms with E-state index in [9.17, 15) is 4.39 Å². The van der Waals surface area contributed by atoms with Gasteiger partial charge in [0.05, 0.1) is 19.0 Å². The minimum atomic E-state index is -1.58. The van der Waals surface area contributed by atoms with Crippen LogP contribution in [0.15, 0.2) is 12.7 Å². The predicted molar refractivity (Wildman–Crippen MR) is 60.2 cm³/mol. The number of nitrogens with two attached hydrogens (primary N) is 1.